The van der Waals surface area contributed by atoms with E-state index in [9.17, 15) is 15.0 Å². The van der Waals surface area contributed by atoms with Crippen LogP contribution in [0.3, 0.4) is 0 Å². The zero-order chi connectivity index (χ0) is 19.6. The van der Waals surface area contributed by atoms with E-state index >= 15 is 0 Å². The van der Waals surface area contributed by atoms with Gasteiger partial charge in [-0.2, -0.15) is 0 Å². The molecule has 0 fully saturated rings. The Balaban J connectivity index is 1.79. The number of hydrogen-bond donors (Lipinski definition) is 5. The molecule has 0 aliphatic heterocycles. The lowest BCUT2D eigenvalue weighted by Gasteiger charge is -2.21. The van der Waals surface area contributed by atoms with Crippen LogP contribution in [-0.4, -0.2) is 34.1 Å². The maximum atomic E-state index is 11.7. The average Bonchev–Trinajstić information content (AvgIpc) is 2.66. The van der Waals surface area contributed by atoms with Gasteiger partial charge in [-0.15, -0.1) is 0 Å². The molecule has 0 aliphatic carbocycles. The highest BCUT2D eigenvalue weighted by Crippen LogP contribution is 2.26. The molecule has 2 aromatic carbocycles. The van der Waals surface area contributed by atoms with Gasteiger partial charge in [0.2, 0.25) is 0 Å². The Morgan fingerprint density at radius 3 is 2.48 bits per heavy atom. The Bertz CT molecular complexity index is 758. The number of nitrogens with one attached hydrogen (secondary N) is 2. The van der Waals surface area contributed by atoms with Crippen molar-refractivity contribution in [1.29, 1.82) is 0 Å². The minimum absolute atomic E-state index is 0.0620. The van der Waals surface area contributed by atoms with E-state index in [4.69, 9.17) is 22.7 Å². The lowest BCUT2D eigenvalue weighted by Crippen LogP contribution is -2.30. The summed E-state index contributed by atoms with van der Waals surface area (Å²) in [5.41, 5.74) is 7.33. The summed E-state index contributed by atoms with van der Waals surface area (Å²) < 4.78 is 5.09. The number of carbonyl (C=O) groups excluding carboxylic acids is 1. The molecule has 7 nitrogen and oxygen atoms in total. The van der Waals surface area contributed by atoms with Crippen LogP contribution in [-0.2, 0) is 11.3 Å². The maximum absolute atomic E-state index is 11.7. The van der Waals surface area contributed by atoms with Crippen LogP contribution in [0.5, 0.6) is 0 Å². The first-order valence-corrected chi connectivity index (χ1v) is 8.84. The molecular weight excluding hydrogens is 366 g/mol. The number of para-hydroxylation sites is 1. The molecule has 8 heteroatoms. The second-order valence-corrected chi connectivity index (χ2v) is 6.31. The molecule has 6 N–H and O–H groups in total. The van der Waals surface area contributed by atoms with Crippen LogP contribution < -0.4 is 16.4 Å². The van der Waals surface area contributed by atoms with Gasteiger partial charge in [-0.1, -0.05) is 48.5 Å². The molecule has 2 rings (SSSR count). The summed E-state index contributed by atoms with van der Waals surface area (Å²) in [6.45, 7) is 0.312. The molecule has 0 aliphatic rings. The molecule has 0 spiro atoms. The SMILES string of the molecule is NC(=S)Nc1ccccc1C(O)C(O)CCNC(=O)OCc1ccccc1. The predicted molar refractivity (Wildman–Crippen MR) is 107 cm³/mol. The minimum Gasteiger partial charge on any atom is -0.445 e. The summed E-state index contributed by atoms with van der Waals surface area (Å²) in [6, 6.07) is 16.2. The van der Waals surface area contributed by atoms with Gasteiger partial charge in [0.05, 0.1) is 6.10 Å². The number of aliphatic hydroxyl groups excluding tert-OH is 2. The van der Waals surface area contributed by atoms with Crippen molar-refractivity contribution in [3.8, 4) is 0 Å². The van der Waals surface area contributed by atoms with Crippen molar-refractivity contribution in [3.05, 3.63) is 65.7 Å². The van der Waals surface area contributed by atoms with E-state index in [-0.39, 0.29) is 24.7 Å². The average molecular weight is 389 g/mol. The first-order valence-electron chi connectivity index (χ1n) is 8.43. The van der Waals surface area contributed by atoms with Crippen LogP contribution in [0.25, 0.3) is 0 Å². The fraction of sp³-hybridized carbons (Fsp3) is 0.263. The fourth-order valence-corrected chi connectivity index (χ4v) is 2.57. The summed E-state index contributed by atoms with van der Waals surface area (Å²) in [4.78, 5) is 11.7. The molecule has 2 unspecified atom stereocenters. The normalized spacial score (nSPS) is 12.7. The molecule has 0 heterocycles. The van der Waals surface area contributed by atoms with Crippen molar-refractivity contribution >= 4 is 29.1 Å². The molecular formula is C19H23N3O4S. The number of carbonyl (C=O) groups is 1. The van der Waals surface area contributed by atoms with Gasteiger partial charge >= 0.3 is 6.09 Å². The monoisotopic (exact) mass is 389 g/mol. The van der Waals surface area contributed by atoms with E-state index in [1.807, 2.05) is 30.3 Å². The molecule has 2 atom stereocenters. The van der Waals surface area contributed by atoms with Crippen molar-refractivity contribution < 1.29 is 19.7 Å². The zero-order valence-electron chi connectivity index (χ0n) is 14.7. The summed E-state index contributed by atoms with van der Waals surface area (Å²) in [5, 5.41) is 26.0. The molecule has 2 aromatic rings. The largest absolute Gasteiger partial charge is 0.445 e. The minimum atomic E-state index is -1.16. The van der Waals surface area contributed by atoms with Crippen LogP contribution in [0.1, 0.15) is 23.7 Å². The summed E-state index contributed by atoms with van der Waals surface area (Å²) in [5.74, 6) is 0. The van der Waals surface area contributed by atoms with Crippen molar-refractivity contribution in [2.45, 2.75) is 25.2 Å². The predicted octanol–water partition coefficient (Wildman–Crippen LogP) is 2.05. The van der Waals surface area contributed by atoms with Gasteiger partial charge in [0, 0.05) is 17.8 Å². The van der Waals surface area contributed by atoms with E-state index in [1.165, 1.54) is 0 Å². The molecule has 144 valence electrons. The number of rotatable bonds is 8. The van der Waals surface area contributed by atoms with Gasteiger partial charge < -0.3 is 31.3 Å². The van der Waals surface area contributed by atoms with Gasteiger partial charge in [-0.05, 0) is 30.3 Å². The number of hydrogen-bond acceptors (Lipinski definition) is 5. The van der Waals surface area contributed by atoms with Crippen LogP contribution in [0.15, 0.2) is 54.6 Å². The number of amides is 1. The van der Waals surface area contributed by atoms with E-state index in [0.29, 0.717) is 11.3 Å². The molecule has 0 radical (unpaired) electrons. The van der Waals surface area contributed by atoms with Crippen molar-refractivity contribution in [3.63, 3.8) is 0 Å². The lowest BCUT2D eigenvalue weighted by atomic mass is 10.0. The van der Waals surface area contributed by atoms with Crippen LogP contribution in [0.2, 0.25) is 0 Å². The topological polar surface area (TPSA) is 117 Å². The Morgan fingerprint density at radius 1 is 1.11 bits per heavy atom. The highest BCUT2D eigenvalue weighted by Gasteiger charge is 2.21. The Hall–Kier alpha value is -2.68. The maximum Gasteiger partial charge on any atom is 0.407 e. The quantitative estimate of drug-likeness (QED) is 0.439. The van der Waals surface area contributed by atoms with E-state index in [0.717, 1.165) is 5.56 Å². The Labute approximate surface area is 163 Å². The number of aliphatic hydroxyl groups is 2. The highest BCUT2D eigenvalue weighted by molar-refractivity contribution is 7.80. The first-order chi connectivity index (χ1) is 13.0. The number of nitrogens with two attached hydrogens (primary N) is 1. The number of alkyl carbamates (subject to hydrolysis) is 1. The smallest absolute Gasteiger partial charge is 0.407 e. The molecule has 0 saturated heterocycles. The number of benzene rings is 2. The van der Waals surface area contributed by atoms with Gasteiger partial charge in [0.25, 0.3) is 0 Å². The number of anilines is 1. The fourth-order valence-electron chi connectivity index (χ4n) is 2.46. The third kappa shape index (κ3) is 6.86. The van der Waals surface area contributed by atoms with Crippen molar-refractivity contribution in [2.24, 2.45) is 5.73 Å². The van der Waals surface area contributed by atoms with Crippen molar-refractivity contribution in [1.82, 2.24) is 5.32 Å². The summed E-state index contributed by atoms with van der Waals surface area (Å²) in [7, 11) is 0. The van der Waals surface area contributed by atoms with Gasteiger partial charge in [-0.3, -0.25) is 0 Å². The summed E-state index contributed by atoms with van der Waals surface area (Å²) >= 11 is 4.81. The van der Waals surface area contributed by atoms with Crippen LogP contribution >= 0.6 is 12.2 Å². The number of ether oxygens (including phenoxy) is 1. The first kappa shape index (κ1) is 20.6. The van der Waals surface area contributed by atoms with Gasteiger partial charge in [0.1, 0.15) is 12.7 Å². The molecule has 0 saturated carbocycles. The molecule has 0 bridgehead atoms. The third-order valence-electron chi connectivity index (χ3n) is 3.82. The Kier molecular flexibility index (Phi) is 8.00. The second-order valence-electron chi connectivity index (χ2n) is 5.87. The van der Waals surface area contributed by atoms with Crippen LogP contribution in [0.4, 0.5) is 10.5 Å². The standard InChI is InChI=1S/C19H23N3O4S/c20-18(27)22-15-9-5-4-8-14(15)17(24)16(23)10-11-21-19(25)26-12-13-6-2-1-3-7-13/h1-9,16-17,23-24H,10-12H2,(H,21,25)(H3,20,22,27). The third-order valence-corrected chi connectivity index (χ3v) is 3.93. The van der Waals surface area contributed by atoms with Crippen LogP contribution in [0, 0.1) is 0 Å². The van der Waals surface area contributed by atoms with E-state index < -0.39 is 18.3 Å². The highest BCUT2D eigenvalue weighted by atomic mass is 32.1. The Morgan fingerprint density at radius 2 is 1.78 bits per heavy atom. The van der Waals surface area contributed by atoms with Gasteiger partial charge in [0.15, 0.2) is 5.11 Å². The molecule has 27 heavy (non-hydrogen) atoms. The van der Waals surface area contributed by atoms with E-state index in [2.05, 4.69) is 10.6 Å². The second kappa shape index (κ2) is 10.5. The lowest BCUT2D eigenvalue weighted by molar-refractivity contribution is 0.0140. The van der Waals surface area contributed by atoms with E-state index in [1.54, 1.807) is 24.3 Å². The van der Waals surface area contributed by atoms with Crippen molar-refractivity contribution in [2.75, 3.05) is 11.9 Å². The zero-order valence-corrected chi connectivity index (χ0v) is 15.5. The van der Waals surface area contributed by atoms with Gasteiger partial charge in [-0.25, -0.2) is 4.79 Å². The molecule has 1 amide bonds. The molecule has 0 aromatic heterocycles. The number of thiocarbonyl (C=S) groups is 1. The summed E-state index contributed by atoms with van der Waals surface area (Å²) in [6.07, 6.45) is -2.70.